The average Bonchev–Trinajstić information content (AvgIpc) is 2.90. The van der Waals surface area contributed by atoms with Gasteiger partial charge in [0, 0.05) is 10.6 Å². The summed E-state index contributed by atoms with van der Waals surface area (Å²) in [6.07, 6.45) is 1.69. The van der Waals surface area contributed by atoms with E-state index >= 15 is 0 Å². The van der Waals surface area contributed by atoms with Gasteiger partial charge in [0.05, 0.1) is 16.7 Å². The van der Waals surface area contributed by atoms with Crippen molar-refractivity contribution in [3.8, 4) is 5.69 Å². The zero-order chi connectivity index (χ0) is 14.1. The van der Waals surface area contributed by atoms with Crippen LogP contribution in [0.4, 0.5) is 0 Å². The number of oxime groups is 1. The number of rotatable bonds is 2. The van der Waals surface area contributed by atoms with Crippen molar-refractivity contribution in [2.45, 2.75) is 0 Å². The molecule has 1 heterocycles. The van der Waals surface area contributed by atoms with Gasteiger partial charge < -0.3 is 10.9 Å². The Morgan fingerprint density at radius 2 is 2.05 bits per heavy atom. The van der Waals surface area contributed by atoms with Crippen LogP contribution in [0.2, 0.25) is 5.02 Å². The highest BCUT2D eigenvalue weighted by Crippen LogP contribution is 2.24. The van der Waals surface area contributed by atoms with Crippen molar-refractivity contribution in [2.75, 3.05) is 0 Å². The van der Waals surface area contributed by atoms with Gasteiger partial charge >= 0.3 is 0 Å². The first-order valence-electron chi connectivity index (χ1n) is 5.90. The van der Waals surface area contributed by atoms with Crippen LogP contribution in [0.25, 0.3) is 16.7 Å². The number of halogens is 1. The summed E-state index contributed by atoms with van der Waals surface area (Å²) in [4.78, 5) is 4.33. The van der Waals surface area contributed by atoms with Gasteiger partial charge in [0.25, 0.3) is 0 Å². The smallest absolute Gasteiger partial charge is 0.172 e. The highest BCUT2D eigenvalue weighted by atomic mass is 35.5. The average molecular weight is 287 g/mol. The number of nitrogens with zero attached hydrogens (tertiary/aromatic N) is 3. The molecule has 3 rings (SSSR count). The summed E-state index contributed by atoms with van der Waals surface area (Å²) in [5, 5.41) is 12.5. The van der Waals surface area contributed by atoms with E-state index in [0.717, 1.165) is 11.0 Å². The summed E-state index contributed by atoms with van der Waals surface area (Å²) in [6.45, 7) is 0. The molecule has 100 valence electrons. The number of amidine groups is 1. The van der Waals surface area contributed by atoms with Crippen LogP contribution in [0.15, 0.2) is 53.9 Å². The van der Waals surface area contributed by atoms with E-state index in [1.54, 1.807) is 24.5 Å². The van der Waals surface area contributed by atoms with Crippen LogP contribution in [0.5, 0.6) is 0 Å². The van der Waals surface area contributed by atoms with E-state index in [2.05, 4.69) is 10.1 Å². The van der Waals surface area contributed by atoms with Crippen molar-refractivity contribution < 1.29 is 5.21 Å². The standard InChI is InChI=1S/C14H11ClN4O/c15-9-5-6-10(14(16)18-20)13(7-9)19-8-17-11-3-1-2-4-12(11)19/h1-8,20H,(H2,16,18). The van der Waals surface area contributed by atoms with Crippen LogP contribution in [0.3, 0.4) is 0 Å². The van der Waals surface area contributed by atoms with Crippen molar-refractivity contribution in [3.63, 3.8) is 0 Å². The molecule has 5 nitrogen and oxygen atoms in total. The molecular weight excluding hydrogens is 276 g/mol. The fourth-order valence-electron chi connectivity index (χ4n) is 2.13. The number of hydrogen-bond acceptors (Lipinski definition) is 3. The van der Waals surface area contributed by atoms with E-state index in [4.69, 9.17) is 22.5 Å². The summed E-state index contributed by atoms with van der Waals surface area (Å²) < 4.78 is 1.86. The summed E-state index contributed by atoms with van der Waals surface area (Å²) >= 11 is 6.06. The topological polar surface area (TPSA) is 76.4 Å². The third kappa shape index (κ3) is 1.98. The Bertz CT molecular complexity index is 810. The molecular formula is C14H11ClN4O. The lowest BCUT2D eigenvalue weighted by Gasteiger charge is -2.10. The van der Waals surface area contributed by atoms with E-state index in [1.165, 1.54) is 0 Å². The lowest BCUT2D eigenvalue weighted by molar-refractivity contribution is 0.318. The third-order valence-electron chi connectivity index (χ3n) is 3.06. The molecule has 3 aromatic rings. The maximum Gasteiger partial charge on any atom is 0.172 e. The van der Waals surface area contributed by atoms with Gasteiger partial charge in [-0.3, -0.25) is 4.57 Å². The van der Waals surface area contributed by atoms with E-state index in [9.17, 15) is 0 Å². The van der Waals surface area contributed by atoms with Gasteiger partial charge in [0.15, 0.2) is 5.84 Å². The van der Waals surface area contributed by atoms with E-state index in [-0.39, 0.29) is 5.84 Å². The minimum atomic E-state index is 0.0226. The molecule has 0 radical (unpaired) electrons. The predicted octanol–water partition coefficient (Wildman–Crippen LogP) is 2.77. The Morgan fingerprint density at radius 1 is 1.25 bits per heavy atom. The van der Waals surface area contributed by atoms with Gasteiger partial charge in [-0.15, -0.1) is 0 Å². The molecule has 3 N–H and O–H groups in total. The summed E-state index contributed by atoms with van der Waals surface area (Å²) in [5.41, 5.74) is 8.79. The largest absolute Gasteiger partial charge is 0.409 e. The molecule has 0 saturated heterocycles. The van der Waals surface area contributed by atoms with E-state index in [0.29, 0.717) is 16.3 Å². The van der Waals surface area contributed by atoms with E-state index < -0.39 is 0 Å². The number of nitrogens with two attached hydrogens (primary N) is 1. The highest BCUT2D eigenvalue weighted by molar-refractivity contribution is 6.31. The first-order valence-corrected chi connectivity index (χ1v) is 6.28. The molecule has 0 bridgehead atoms. The molecule has 0 atom stereocenters. The quantitative estimate of drug-likeness (QED) is 0.329. The molecule has 6 heteroatoms. The summed E-state index contributed by atoms with van der Waals surface area (Å²) in [6, 6.07) is 12.9. The Morgan fingerprint density at radius 3 is 2.85 bits per heavy atom. The minimum Gasteiger partial charge on any atom is -0.409 e. The van der Waals surface area contributed by atoms with E-state index in [1.807, 2.05) is 28.8 Å². The second-order valence-electron chi connectivity index (χ2n) is 4.25. The van der Waals surface area contributed by atoms with Crippen LogP contribution in [0.1, 0.15) is 5.56 Å². The van der Waals surface area contributed by atoms with Crippen molar-refractivity contribution in [1.82, 2.24) is 9.55 Å². The van der Waals surface area contributed by atoms with Gasteiger partial charge in [-0.1, -0.05) is 28.9 Å². The fraction of sp³-hybridized carbons (Fsp3) is 0. The maximum atomic E-state index is 8.90. The Kier molecular flexibility index (Phi) is 3.04. The second-order valence-corrected chi connectivity index (χ2v) is 4.69. The van der Waals surface area contributed by atoms with Gasteiger partial charge in [-0.2, -0.15) is 0 Å². The number of benzene rings is 2. The monoisotopic (exact) mass is 286 g/mol. The number of aromatic nitrogens is 2. The Balaban J connectivity index is 2.31. The lowest BCUT2D eigenvalue weighted by Crippen LogP contribution is -2.16. The minimum absolute atomic E-state index is 0.0226. The number of fused-ring (bicyclic) bond motifs is 1. The highest BCUT2D eigenvalue weighted by Gasteiger charge is 2.12. The van der Waals surface area contributed by atoms with Crippen LogP contribution in [-0.4, -0.2) is 20.6 Å². The van der Waals surface area contributed by atoms with Gasteiger partial charge in [-0.05, 0) is 30.3 Å². The Hall–Kier alpha value is -2.53. The second kappa shape index (κ2) is 4.86. The van der Waals surface area contributed by atoms with Crippen molar-refractivity contribution in [1.29, 1.82) is 0 Å². The number of hydrogen-bond donors (Lipinski definition) is 2. The number of para-hydroxylation sites is 2. The van der Waals surface area contributed by atoms with Crippen molar-refractivity contribution in [2.24, 2.45) is 10.9 Å². The van der Waals surface area contributed by atoms with Gasteiger partial charge in [-0.25, -0.2) is 4.98 Å². The first-order chi connectivity index (χ1) is 9.70. The molecule has 0 saturated carbocycles. The number of imidazole rings is 1. The third-order valence-corrected chi connectivity index (χ3v) is 3.29. The lowest BCUT2D eigenvalue weighted by atomic mass is 10.1. The maximum absolute atomic E-state index is 8.90. The summed E-state index contributed by atoms with van der Waals surface area (Å²) in [7, 11) is 0. The molecule has 1 aromatic heterocycles. The molecule has 0 amide bonds. The molecule has 0 aliphatic carbocycles. The Labute approximate surface area is 119 Å². The van der Waals surface area contributed by atoms with Crippen molar-refractivity contribution in [3.05, 3.63) is 59.4 Å². The molecule has 0 fully saturated rings. The van der Waals surface area contributed by atoms with Crippen LogP contribution in [-0.2, 0) is 0 Å². The zero-order valence-corrected chi connectivity index (χ0v) is 11.1. The van der Waals surface area contributed by atoms with Crippen LogP contribution >= 0.6 is 11.6 Å². The van der Waals surface area contributed by atoms with Crippen LogP contribution < -0.4 is 5.73 Å². The van der Waals surface area contributed by atoms with Crippen molar-refractivity contribution >= 4 is 28.5 Å². The first kappa shape index (κ1) is 12.5. The zero-order valence-electron chi connectivity index (χ0n) is 10.4. The van der Waals surface area contributed by atoms with Gasteiger partial charge in [0.2, 0.25) is 0 Å². The van der Waals surface area contributed by atoms with Gasteiger partial charge in [0.1, 0.15) is 6.33 Å². The fourth-order valence-corrected chi connectivity index (χ4v) is 2.29. The molecule has 20 heavy (non-hydrogen) atoms. The van der Waals surface area contributed by atoms with Crippen LogP contribution in [0, 0.1) is 0 Å². The molecule has 0 aliphatic rings. The summed E-state index contributed by atoms with van der Waals surface area (Å²) in [5.74, 6) is 0.0226. The molecule has 0 aliphatic heterocycles. The molecule has 2 aromatic carbocycles. The predicted molar refractivity (Wildman–Crippen MR) is 78.6 cm³/mol. The normalized spacial score (nSPS) is 11.9. The SMILES string of the molecule is NC(=NO)c1ccc(Cl)cc1-n1cnc2ccccc21. The molecule has 0 unspecified atom stereocenters. The molecule has 0 spiro atoms.